The van der Waals surface area contributed by atoms with E-state index in [0.717, 1.165) is 5.56 Å². The minimum Gasteiger partial charge on any atom is -0.624 e. The highest BCUT2D eigenvalue weighted by atomic mass is 16.5. The van der Waals surface area contributed by atoms with Crippen molar-refractivity contribution in [2.24, 2.45) is 0 Å². The molecular formula is C10H11NO2. The number of nitrogens with zero attached hydrogens (tertiary/aromatic N) is 1. The Morgan fingerprint density at radius 1 is 1.54 bits per heavy atom. The van der Waals surface area contributed by atoms with Gasteiger partial charge in [0.15, 0.2) is 12.0 Å². The second kappa shape index (κ2) is 3.85. The molecule has 0 saturated heterocycles. The van der Waals surface area contributed by atoms with Crippen LogP contribution in [0.25, 0.3) is 0 Å². The number of hydrogen-bond acceptors (Lipinski definition) is 2. The summed E-state index contributed by atoms with van der Waals surface area (Å²) in [7, 11) is 1.40. The Bertz CT molecular complexity index is 352. The molecule has 13 heavy (non-hydrogen) atoms. The second-order valence-electron chi connectivity index (χ2n) is 2.86. The number of rotatable bonds is 2. The standard InChI is InChI=1S/C10H11NO2/c1-8(12)10-5-3-4-9(6-10)7-11(2)13/h3-7H,1-2H3. The van der Waals surface area contributed by atoms with Crippen LogP contribution in [-0.2, 0) is 0 Å². The van der Waals surface area contributed by atoms with Crippen molar-refractivity contribution in [3.8, 4) is 0 Å². The van der Waals surface area contributed by atoms with E-state index in [-0.39, 0.29) is 5.78 Å². The fourth-order valence-electron chi connectivity index (χ4n) is 1.05. The first-order chi connectivity index (χ1) is 6.09. The summed E-state index contributed by atoms with van der Waals surface area (Å²) in [5.74, 6) is 0.00352. The van der Waals surface area contributed by atoms with Gasteiger partial charge in [0.2, 0.25) is 0 Å². The Morgan fingerprint density at radius 3 is 2.77 bits per heavy atom. The predicted octanol–water partition coefficient (Wildman–Crippen LogP) is 1.45. The molecule has 0 aliphatic rings. The van der Waals surface area contributed by atoms with E-state index in [1.807, 2.05) is 0 Å². The molecule has 0 unspecified atom stereocenters. The van der Waals surface area contributed by atoms with Gasteiger partial charge in [0.05, 0.1) is 0 Å². The van der Waals surface area contributed by atoms with Gasteiger partial charge in [-0.15, -0.1) is 0 Å². The zero-order chi connectivity index (χ0) is 9.84. The molecule has 3 nitrogen and oxygen atoms in total. The van der Waals surface area contributed by atoms with Crippen LogP contribution in [0.5, 0.6) is 0 Å². The summed E-state index contributed by atoms with van der Waals surface area (Å²) in [4.78, 5) is 11.0. The molecule has 0 radical (unpaired) electrons. The molecule has 0 amide bonds. The summed E-state index contributed by atoms with van der Waals surface area (Å²) in [6.45, 7) is 1.50. The summed E-state index contributed by atoms with van der Waals surface area (Å²) in [6, 6.07) is 6.95. The number of benzene rings is 1. The maximum absolute atomic E-state index is 11.0. The van der Waals surface area contributed by atoms with Gasteiger partial charge in [0.1, 0.15) is 7.05 Å². The first-order valence-corrected chi connectivity index (χ1v) is 3.95. The van der Waals surface area contributed by atoms with Crippen molar-refractivity contribution in [1.82, 2.24) is 0 Å². The highest BCUT2D eigenvalue weighted by Gasteiger charge is 1.99. The summed E-state index contributed by atoms with van der Waals surface area (Å²) in [5, 5.41) is 10.7. The van der Waals surface area contributed by atoms with E-state index in [1.165, 1.54) is 20.2 Å². The monoisotopic (exact) mass is 177 g/mol. The van der Waals surface area contributed by atoms with Gasteiger partial charge in [0.25, 0.3) is 0 Å². The maximum Gasteiger partial charge on any atom is 0.181 e. The third kappa shape index (κ3) is 2.71. The summed E-state index contributed by atoms with van der Waals surface area (Å²) < 4.78 is 0.708. The molecule has 0 atom stereocenters. The first-order valence-electron chi connectivity index (χ1n) is 3.95. The van der Waals surface area contributed by atoms with Crippen LogP contribution in [0.3, 0.4) is 0 Å². The van der Waals surface area contributed by atoms with Gasteiger partial charge >= 0.3 is 0 Å². The minimum absolute atomic E-state index is 0.00352. The molecule has 3 heteroatoms. The van der Waals surface area contributed by atoms with Crippen molar-refractivity contribution < 1.29 is 9.53 Å². The quantitative estimate of drug-likeness (QED) is 0.225. The predicted molar refractivity (Wildman–Crippen MR) is 51.2 cm³/mol. The lowest BCUT2D eigenvalue weighted by Crippen LogP contribution is -1.99. The molecule has 1 aromatic carbocycles. The van der Waals surface area contributed by atoms with Crippen LogP contribution in [0, 0.1) is 5.21 Å². The van der Waals surface area contributed by atoms with E-state index in [4.69, 9.17) is 0 Å². The Morgan fingerprint density at radius 2 is 2.23 bits per heavy atom. The molecule has 68 valence electrons. The topological polar surface area (TPSA) is 43.1 Å². The average Bonchev–Trinajstić information content (AvgIpc) is 2.03. The maximum atomic E-state index is 11.0. The highest BCUT2D eigenvalue weighted by Crippen LogP contribution is 2.03. The van der Waals surface area contributed by atoms with Gasteiger partial charge in [-0.3, -0.25) is 4.79 Å². The van der Waals surface area contributed by atoms with E-state index in [1.54, 1.807) is 24.3 Å². The van der Waals surface area contributed by atoms with Crippen LogP contribution >= 0.6 is 0 Å². The van der Waals surface area contributed by atoms with Gasteiger partial charge in [-0.1, -0.05) is 12.1 Å². The Hall–Kier alpha value is -1.64. The molecule has 1 aromatic rings. The van der Waals surface area contributed by atoms with Crippen LogP contribution in [-0.4, -0.2) is 23.8 Å². The van der Waals surface area contributed by atoms with Gasteiger partial charge < -0.3 is 5.21 Å². The molecule has 0 spiro atoms. The fraction of sp³-hybridized carbons (Fsp3) is 0.200. The summed E-state index contributed by atoms with van der Waals surface area (Å²) in [6.07, 6.45) is 1.42. The van der Waals surface area contributed by atoms with Gasteiger partial charge in [-0.05, 0) is 19.1 Å². The lowest BCUT2D eigenvalue weighted by molar-refractivity contribution is -0.416. The lowest BCUT2D eigenvalue weighted by atomic mass is 10.1. The van der Waals surface area contributed by atoms with E-state index in [2.05, 4.69) is 0 Å². The van der Waals surface area contributed by atoms with Gasteiger partial charge in [-0.25, -0.2) is 4.74 Å². The first kappa shape index (κ1) is 9.45. The number of ketones is 1. The number of carbonyl (C=O) groups excluding carboxylic acids is 1. The molecular weight excluding hydrogens is 166 g/mol. The average molecular weight is 177 g/mol. The van der Waals surface area contributed by atoms with Crippen molar-refractivity contribution in [2.45, 2.75) is 6.92 Å². The van der Waals surface area contributed by atoms with E-state index in [0.29, 0.717) is 10.3 Å². The van der Waals surface area contributed by atoms with Crippen LogP contribution in [0.1, 0.15) is 22.8 Å². The lowest BCUT2D eigenvalue weighted by Gasteiger charge is -1.98. The third-order valence-corrected chi connectivity index (χ3v) is 1.62. The zero-order valence-corrected chi connectivity index (χ0v) is 7.65. The minimum atomic E-state index is 0.00352. The van der Waals surface area contributed by atoms with E-state index < -0.39 is 0 Å². The van der Waals surface area contributed by atoms with Crippen LogP contribution < -0.4 is 0 Å². The largest absolute Gasteiger partial charge is 0.624 e. The number of hydroxylamine groups is 1. The Kier molecular flexibility index (Phi) is 2.80. The molecule has 0 saturated carbocycles. The molecule has 0 aromatic heterocycles. The van der Waals surface area contributed by atoms with Gasteiger partial charge in [-0.2, -0.15) is 0 Å². The van der Waals surface area contributed by atoms with Crippen molar-refractivity contribution in [2.75, 3.05) is 7.05 Å². The van der Waals surface area contributed by atoms with Crippen molar-refractivity contribution in [3.05, 3.63) is 40.6 Å². The fourth-order valence-corrected chi connectivity index (χ4v) is 1.05. The third-order valence-electron chi connectivity index (χ3n) is 1.62. The number of hydrogen-bond donors (Lipinski definition) is 0. The molecule has 0 bridgehead atoms. The van der Waals surface area contributed by atoms with Crippen molar-refractivity contribution >= 4 is 12.0 Å². The normalized spacial score (nSPS) is 11.4. The second-order valence-corrected chi connectivity index (χ2v) is 2.86. The molecule has 0 aliphatic carbocycles. The van der Waals surface area contributed by atoms with E-state index in [9.17, 15) is 10.0 Å². The number of Topliss-reactive ketones (excluding diaryl/α,β-unsaturated/α-hetero) is 1. The smallest absolute Gasteiger partial charge is 0.181 e. The van der Waals surface area contributed by atoms with Crippen molar-refractivity contribution in [1.29, 1.82) is 0 Å². The summed E-state index contributed by atoms with van der Waals surface area (Å²) in [5.41, 5.74) is 1.36. The Balaban J connectivity index is 3.06. The van der Waals surface area contributed by atoms with E-state index >= 15 is 0 Å². The van der Waals surface area contributed by atoms with Crippen molar-refractivity contribution in [3.63, 3.8) is 0 Å². The molecule has 1 rings (SSSR count). The molecule has 0 aliphatic heterocycles. The molecule has 0 N–H and O–H groups in total. The van der Waals surface area contributed by atoms with Crippen LogP contribution in [0.4, 0.5) is 0 Å². The SMILES string of the molecule is CC(=O)c1cccc(C=[N+](C)[O-])c1. The van der Waals surface area contributed by atoms with Crippen LogP contribution in [0.2, 0.25) is 0 Å². The summed E-state index contributed by atoms with van der Waals surface area (Å²) >= 11 is 0. The molecule has 0 fully saturated rings. The zero-order valence-electron chi connectivity index (χ0n) is 7.65. The number of carbonyl (C=O) groups is 1. The Labute approximate surface area is 76.9 Å². The van der Waals surface area contributed by atoms with Crippen LogP contribution in [0.15, 0.2) is 24.3 Å². The highest BCUT2D eigenvalue weighted by molar-refractivity contribution is 5.95. The van der Waals surface area contributed by atoms with Gasteiger partial charge in [0, 0.05) is 11.1 Å². The molecule has 0 heterocycles.